The normalized spacial score (nSPS) is 22.2. The molecular weight excluding hydrogens is 283 g/mol. The van der Waals surface area contributed by atoms with E-state index in [1.807, 2.05) is 0 Å². The summed E-state index contributed by atoms with van der Waals surface area (Å²) >= 11 is 11.8. The molecule has 1 aliphatic carbocycles. The second-order valence-corrected chi connectivity index (χ2v) is 7.67. The largest absolute Gasteiger partial charge is 0.365 e. The van der Waals surface area contributed by atoms with Gasteiger partial charge < -0.3 is 5.32 Å². The summed E-state index contributed by atoms with van der Waals surface area (Å²) in [5.74, 6) is 0.528. The first-order valence-electron chi connectivity index (χ1n) is 6.49. The minimum absolute atomic E-state index is 0.112. The highest BCUT2D eigenvalue weighted by Crippen LogP contribution is 2.46. The molecule has 106 valence electrons. The molecule has 0 amide bonds. The minimum Gasteiger partial charge on any atom is -0.365 e. The predicted octanol–water partition coefficient (Wildman–Crippen LogP) is 4.20. The number of aromatic nitrogens is 3. The second kappa shape index (κ2) is 5.06. The van der Waals surface area contributed by atoms with E-state index in [1.165, 1.54) is 6.42 Å². The molecule has 2 rings (SSSR count). The van der Waals surface area contributed by atoms with E-state index in [0.29, 0.717) is 22.7 Å². The van der Waals surface area contributed by atoms with Crippen molar-refractivity contribution in [2.24, 2.45) is 10.8 Å². The smallest absolute Gasteiger partial charge is 0.245 e. The zero-order chi connectivity index (χ0) is 14.3. The lowest BCUT2D eigenvalue weighted by atomic mass is 9.63. The summed E-state index contributed by atoms with van der Waals surface area (Å²) in [6.45, 7) is 9.20. The van der Waals surface area contributed by atoms with Crippen LogP contribution in [0.1, 0.15) is 47.0 Å². The summed E-state index contributed by atoms with van der Waals surface area (Å²) in [4.78, 5) is 4.11. The highest BCUT2D eigenvalue weighted by Gasteiger charge is 2.38. The maximum atomic E-state index is 6.00. The molecule has 6 heteroatoms. The Morgan fingerprint density at radius 1 is 1.05 bits per heavy atom. The molecule has 19 heavy (non-hydrogen) atoms. The number of halogens is 2. The Hall–Kier alpha value is -0.610. The van der Waals surface area contributed by atoms with Gasteiger partial charge in [0.05, 0.1) is 0 Å². The highest BCUT2D eigenvalue weighted by molar-refractivity contribution is 6.32. The van der Waals surface area contributed by atoms with Gasteiger partial charge in [-0.05, 0) is 41.7 Å². The molecular formula is C13H20Cl2N4. The molecule has 1 aliphatic rings. The van der Waals surface area contributed by atoms with Crippen molar-refractivity contribution in [1.82, 2.24) is 15.2 Å². The number of nitrogens with one attached hydrogen (secondary N) is 1. The fourth-order valence-electron chi connectivity index (χ4n) is 3.53. The van der Waals surface area contributed by atoms with Gasteiger partial charge in [-0.25, -0.2) is 0 Å². The highest BCUT2D eigenvalue weighted by atomic mass is 35.5. The van der Waals surface area contributed by atoms with Crippen molar-refractivity contribution in [2.75, 3.05) is 5.32 Å². The van der Waals surface area contributed by atoms with Crippen molar-refractivity contribution in [3.63, 3.8) is 0 Å². The molecule has 0 aliphatic heterocycles. The summed E-state index contributed by atoms with van der Waals surface area (Å²) in [6.07, 6.45) is 3.37. The maximum Gasteiger partial charge on any atom is 0.245 e. The average Bonchev–Trinajstić information content (AvgIpc) is 2.18. The van der Waals surface area contributed by atoms with Gasteiger partial charge >= 0.3 is 0 Å². The second-order valence-electron chi connectivity index (χ2n) is 6.97. The summed E-state index contributed by atoms with van der Waals surface area (Å²) in [6, 6.07) is 0.323. The number of hydrogen-bond acceptors (Lipinski definition) is 4. The number of nitrogens with zero attached hydrogens (tertiary/aromatic N) is 3. The molecule has 0 aromatic carbocycles. The van der Waals surface area contributed by atoms with Crippen LogP contribution in [0.4, 0.5) is 5.82 Å². The molecule has 1 fully saturated rings. The lowest BCUT2D eigenvalue weighted by Crippen LogP contribution is -2.40. The fourth-order valence-corrected chi connectivity index (χ4v) is 3.78. The monoisotopic (exact) mass is 302 g/mol. The summed E-state index contributed by atoms with van der Waals surface area (Å²) in [7, 11) is 0. The quantitative estimate of drug-likeness (QED) is 0.889. The van der Waals surface area contributed by atoms with E-state index in [4.69, 9.17) is 23.2 Å². The third-order valence-corrected chi connectivity index (χ3v) is 3.93. The van der Waals surface area contributed by atoms with Gasteiger partial charge in [0.15, 0.2) is 11.0 Å². The lowest BCUT2D eigenvalue weighted by molar-refractivity contribution is 0.105. The molecule has 1 heterocycles. The van der Waals surface area contributed by atoms with E-state index in [0.717, 1.165) is 12.8 Å². The zero-order valence-corrected chi connectivity index (χ0v) is 13.3. The van der Waals surface area contributed by atoms with Crippen LogP contribution in [-0.2, 0) is 0 Å². The maximum absolute atomic E-state index is 6.00. The van der Waals surface area contributed by atoms with Crippen LogP contribution in [0.2, 0.25) is 10.4 Å². The number of anilines is 1. The van der Waals surface area contributed by atoms with Crippen molar-refractivity contribution >= 4 is 29.0 Å². The minimum atomic E-state index is 0.112. The van der Waals surface area contributed by atoms with Crippen LogP contribution in [0.3, 0.4) is 0 Å². The molecule has 1 N–H and O–H groups in total. The Labute approximate surface area is 124 Å². The van der Waals surface area contributed by atoms with Crippen LogP contribution in [0.5, 0.6) is 0 Å². The van der Waals surface area contributed by atoms with Gasteiger partial charge in [0, 0.05) is 6.04 Å². The van der Waals surface area contributed by atoms with E-state index in [-0.39, 0.29) is 10.4 Å². The fraction of sp³-hybridized carbons (Fsp3) is 0.769. The first-order valence-corrected chi connectivity index (χ1v) is 7.25. The Morgan fingerprint density at radius 2 is 1.63 bits per heavy atom. The molecule has 0 radical (unpaired) electrons. The molecule has 4 nitrogen and oxygen atoms in total. The van der Waals surface area contributed by atoms with Gasteiger partial charge in [0.2, 0.25) is 5.28 Å². The summed E-state index contributed by atoms with van der Waals surface area (Å²) in [5, 5.41) is 11.1. The lowest BCUT2D eigenvalue weighted by Gasteiger charge is -2.45. The molecule has 0 spiro atoms. The van der Waals surface area contributed by atoms with E-state index in [9.17, 15) is 0 Å². The van der Waals surface area contributed by atoms with E-state index < -0.39 is 0 Å². The van der Waals surface area contributed by atoms with Crippen LogP contribution in [0.25, 0.3) is 0 Å². The summed E-state index contributed by atoms with van der Waals surface area (Å²) < 4.78 is 0. The van der Waals surface area contributed by atoms with Crippen molar-refractivity contribution in [2.45, 2.75) is 53.0 Å². The van der Waals surface area contributed by atoms with Crippen LogP contribution in [0.15, 0.2) is 0 Å². The molecule has 1 aromatic rings. The number of hydrogen-bond donors (Lipinski definition) is 1. The first kappa shape index (κ1) is 14.8. The first-order chi connectivity index (χ1) is 8.67. The molecule has 0 saturated heterocycles. The van der Waals surface area contributed by atoms with Crippen LogP contribution in [0, 0.1) is 10.8 Å². The van der Waals surface area contributed by atoms with Gasteiger partial charge in [-0.2, -0.15) is 4.98 Å². The van der Waals surface area contributed by atoms with E-state index in [1.54, 1.807) is 0 Å². The van der Waals surface area contributed by atoms with Gasteiger partial charge in [0.25, 0.3) is 0 Å². The van der Waals surface area contributed by atoms with Crippen molar-refractivity contribution in [3.8, 4) is 0 Å². The Morgan fingerprint density at radius 3 is 2.21 bits per heavy atom. The molecule has 0 unspecified atom stereocenters. The van der Waals surface area contributed by atoms with Crippen molar-refractivity contribution in [3.05, 3.63) is 10.4 Å². The van der Waals surface area contributed by atoms with E-state index in [2.05, 4.69) is 48.2 Å². The van der Waals surface area contributed by atoms with Gasteiger partial charge in [-0.1, -0.05) is 39.3 Å². The van der Waals surface area contributed by atoms with Crippen LogP contribution < -0.4 is 5.32 Å². The van der Waals surface area contributed by atoms with E-state index >= 15 is 0 Å². The molecule has 1 aromatic heterocycles. The third-order valence-electron chi connectivity index (χ3n) is 3.52. The van der Waals surface area contributed by atoms with Crippen molar-refractivity contribution in [1.29, 1.82) is 0 Å². The Bertz CT molecular complexity index is 458. The zero-order valence-electron chi connectivity index (χ0n) is 11.8. The van der Waals surface area contributed by atoms with Crippen LogP contribution in [-0.4, -0.2) is 21.2 Å². The topological polar surface area (TPSA) is 50.7 Å². The van der Waals surface area contributed by atoms with Crippen LogP contribution >= 0.6 is 23.2 Å². The molecule has 1 saturated carbocycles. The van der Waals surface area contributed by atoms with Crippen molar-refractivity contribution < 1.29 is 0 Å². The Kier molecular flexibility index (Phi) is 3.94. The van der Waals surface area contributed by atoms with Gasteiger partial charge in [-0.15, -0.1) is 10.2 Å². The predicted molar refractivity (Wildman–Crippen MR) is 78.7 cm³/mol. The molecule has 0 atom stereocenters. The molecule has 0 bridgehead atoms. The average molecular weight is 303 g/mol. The Balaban J connectivity index is 2.16. The van der Waals surface area contributed by atoms with Gasteiger partial charge in [0.1, 0.15) is 0 Å². The standard InChI is InChI=1S/C13H20Cl2N4/c1-12(2)5-8(6-13(3,4)7-12)16-10-9(14)18-19-11(15)17-10/h8H,5-7H2,1-4H3,(H,16,17,19). The third kappa shape index (κ3) is 3.93. The van der Waals surface area contributed by atoms with Gasteiger partial charge in [-0.3, -0.25) is 0 Å². The number of rotatable bonds is 2. The SMILES string of the molecule is CC1(C)CC(Nc2nc(Cl)nnc2Cl)CC(C)(C)C1. The summed E-state index contributed by atoms with van der Waals surface area (Å²) in [5.41, 5.74) is 0.603.